The van der Waals surface area contributed by atoms with E-state index in [1.807, 2.05) is 0 Å². The van der Waals surface area contributed by atoms with Gasteiger partial charge in [0.2, 0.25) is 0 Å². The van der Waals surface area contributed by atoms with Gasteiger partial charge >= 0.3 is 13.9 Å². The number of aliphatic hydroxyl groups excluding tert-OH is 1. The lowest BCUT2D eigenvalue weighted by molar-refractivity contribution is 0.0501. The van der Waals surface area contributed by atoms with Crippen molar-refractivity contribution in [2.24, 2.45) is 0 Å². The second-order valence-electron chi connectivity index (χ2n) is 7.94. The van der Waals surface area contributed by atoms with E-state index in [9.17, 15) is 39.3 Å². The zero-order valence-electron chi connectivity index (χ0n) is 17.8. The van der Waals surface area contributed by atoms with Gasteiger partial charge in [-0.2, -0.15) is 0 Å². The van der Waals surface area contributed by atoms with Crippen LogP contribution < -0.4 is 15.4 Å². The molecule has 2 heterocycles. The largest absolute Gasteiger partial charge is 0.524 e. The number of likely N-dealkylation sites (tertiary alicyclic amines) is 1. The van der Waals surface area contributed by atoms with E-state index in [4.69, 9.17) is 28.4 Å². The van der Waals surface area contributed by atoms with Crippen molar-refractivity contribution in [2.45, 2.75) is 18.4 Å². The minimum atomic E-state index is -5.25. The Morgan fingerprint density at radius 2 is 1.97 bits per heavy atom. The summed E-state index contributed by atoms with van der Waals surface area (Å²) < 4.78 is 22.5. The Morgan fingerprint density at radius 1 is 1.29 bits per heavy atom. The predicted octanol–water partition coefficient (Wildman–Crippen LogP) is 1.91. The molecule has 1 aromatic heterocycles. The lowest BCUT2D eigenvalue weighted by atomic mass is 9.80. The number of phenols is 1. The molecule has 2 atom stereocenters. The van der Waals surface area contributed by atoms with Gasteiger partial charge in [0.1, 0.15) is 36.1 Å². The van der Waals surface area contributed by atoms with Gasteiger partial charge in [0, 0.05) is 29.7 Å². The number of fused-ring (bicyclic) bond motifs is 1. The highest BCUT2D eigenvalue weighted by Gasteiger charge is 2.38. The molecule has 2 radical (unpaired) electrons. The SMILES string of the molecule is [B]c1c(OP(=O)(O)O)c(C2CCN(C(=O)O)CC2O)c2oc(-c3ccccc3Cl)cc(=O)c2c1O. The maximum absolute atomic E-state index is 13.1. The number of hydrogen-bond acceptors (Lipinski definition) is 7. The summed E-state index contributed by atoms with van der Waals surface area (Å²) in [7, 11) is 0.675. The van der Waals surface area contributed by atoms with Crippen LogP contribution in [0.5, 0.6) is 11.5 Å². The van der Waals surface area contributed by atoms with Crippen molar-refractivity contribution in [3.8, 4) is 22.8 Å². The highest BCUT2D eigenvalue weighted by Crippen LogP contribution is 2.47. The monoisotopic (exact) mass is 521 g/mol. The number of aliphatic hydroxyl groups is 1. The molecule has 3 aromatic rings. The Balaban J connectivity index is 2.05. The molecule has 0 aliphatic carbocycles. The van der Waals surface area contributed by atoms with Crippen molar-refractivity contribution in [1.82, 2.24) is 4.90 Å². The van der Waals surface area contributed by atoms with Crippen molar-refractivity contribution in [2.75, 3.05) is 13.1 Å². The molecule has 182 valence electrons. The topological polar surface area (TPSA) is 178 Å². The van der Waals surface area contributed by atoms with E-state index in [0.29, 0.717) is 5.56 Å². The molecule has 1 fully saturated rings. The molecule has 1 saturated heterocycles. The van der Waals surface area contributed by atoms with Crippen LogP contribution in [0.3, 0.4) is 0 Å². The van der Waals surface area contributed by atoms with Crippen LogP contribution in [0.2, 0.25) is 5.02 Å². The zero-order valence-corrected chi connectivity index (χ0v) is 19.4. The lowest BCUT2D eigenvalue weighted by Crippen LogP contribution is -2.45. The lowest BCUT2D eigenvalue weighted by Gasteiger charge is -2.35. The van der Waals surface area contributed by atoms with Crippen molar-refractivity contribution in [1.29, 1.82) is 0 Å². The predicted molar refractivity (Wildman–Crippen MR) is 126 cm³/mol. The Morgan fingerprint density at radius 3 is 2.57 bits per heavy atom. The van der Waals surface area contributed by atoms with E-state index in [-0.39, 0.29) is 41.4 Å². The third-order valence-corrected chi connectivity index (χ3v) is 6.50. The zero-order chi connectivity index (χ0) is 25.7. The molecule has 1 aliphatic rings. The summed E-state index contributed by atoms with van der Waals surface area (Å²) in [6.45, 7) is -0.394. The first-order valence-electron chi connectivity index (χ1n) is 10.2. The summed E-state index contributed by atoms with van der Waals surface area (Å²) in [5.74, 6) is -2.57. The van der Waals surface area contributed by atoms with Crippen LogP contribution in [0.1, 0.15) is 17.9 Å². The minimum absolute atomic E-state index is 0.0295. The van der Waals surface area contributed by atoms with Crippen LogP contribution in [-0.4, -0.2) is 63.1 Å². The van der Waals surface area contributed by atoms with Crippen LogP contribution in [-0.2, 0) is 4.57 Å². The summed E-state index contributed by atoms with van der Waals surface area (Å²) in [5, 5.41) is 30.5. The molecule has 4 rings (SSSR count). The molecule has 35 heavy (non-hydrogen) atoms. The van der Waals surface area contributed by atoms with E-state index in [2.05, 4.69) is 0 Å². The highest BCUT2D eigenvalue weighted by atomic mass is 35.5. The second kappa shape index (κ2) is 9.21. The third-order valence-electron chi connectivity index (χ3n) is 5.75. The number of phosphoric acid groups is 1. The molecule has 1 aliphatic heterocycles. The number of phosphoric ester groups is 1. The number of β-amino-alcohol motifs (C(OH)–C–C–N with tert-alkyl or cyclic N) is 1. The Kier molecular flexibility index (Phi) is 6.61. The number of phenolic OH excluding ortho intramolecular Hbond substituents is 1. The van der Waals surface area contributed by atoms with Crippen LogP contribution in [0, 0.1) is 0 Å². The molecule has 2 aromatic carbocycles. The maximum Gasteiger partial charge on any atom is 0.524 e. The van der Waals surface area contributed by atoms with Gasteiger partial charge in [-0.3, -0.25) is 14.6 Å². The first kappa shape index (κ1) is 25.1. The minimum Gasteiger partial charge on any atom is -0.508 e. The number of carboxylic acid groups (broad SMARTS) is 1. The van der Waals surface area contributed by atoms with E-state index < -0.39 is 53.7 Å². The van der Waals surface area contributed by atoms with Crippen LogP contribution in [0.15, 0.2) is 39.5 Å². The number of piperidine rings is 1. The molecular weight excluding hydrogens is 503 g/mol. The van der Waals surface area contributed by atoms with Gasteiger partial charge in [0.15, 0.2) is 5.43 Å². The number of benzene rings is 2. The van der Waals surface area contributed by atoms with Gasteiger partial charge in [-0.15, -0.1) is 0 Å². The molecule has 14 heteroatoms. The van der Waals surface area contributed by atoms with Crippen molar-refractivity contribution >= 4 is 49.8 Å². The molecule has 2 unspecified atom stereocenters. The molecular formula is C21H18BClNO10P. The number of halogens is 1. The third kappa shape index (κ3) is 4.76. The summed E-state index contributed by atoms with van der Waals surface area (Å²) in [6.07, 6.45) is -2.69. The summed E-state index contributed by atoms with van der Waals surface area (Å²) >= 11 is 6.23. The Hall–Kier alpha value is -3.02. The number of carbonyl (C=O) groups is 1. The molecule has 5 N–H and O–H groups in total. The fourth-order valence-corrected chi connectivity index (χ4v) is 4.85. The van der Waals surface area contributed by atoms with Gasteiger partial charge < -0.3 is 29.2 Å². The number of aromatic hydroxyl groups is 1. The van der Waals surface area contributed by atoms with E-state index in [1.165, 1.54) is 0 Å². The van der Waals surface area contributed by atoms with Crippen molar-refractivity contribution in [3.63, 3.8) is 0 Å². The standard InChI is InChI=1S/C21H18BClNO10P/c22-17-18(27)16-12(25)7-14(9-3-1-2-4-11(9)23)33-19(16)15(20(17)34-35(30,31)32)10-5-6-24(21(28)29)8-13(10)26/h1-4,7,10,13,26-27H,5-6,8H2,(H,28,29)(H2,30,31,32). The van der Waals surface area contributed by atoms with Gasteiger partial charge in [-0.05, 0) is 24.0 Å². The van der Waals surface area contributed by atoms with E-state index >= 15 is 0 Å². The molecule has 1 amide bonds. The van der Waals surface area contributed by atoms with Crippen molar-refractivity contribution in [3.05, 3.63) is 51.1 Å². The maximum atomic E-state index is 13.1. The van der Waals surface area contributed by atoms with E-state index in [1.54, 1.807) is 24.3 Å². The molecule has 0 spiro atoms. The fraction of sp³-hybridized carbons (Fsp3) is 0.238. The van der Waals surface area contributed by atoms with Gasteiger partial charge in [-0.25, -0.2) is 9.36 Å². The average Bonchev–Trinajstić information content (AvgIpc) is 2.77. The van der Waals surface area contributed by atoms with Crippen LogP contribution in [0.25, 0.3) is 22.3 Å². The first-order valence-corrected chi connectivity index (χ1v) is 12.1. The molecule has 11 nitrogen and oxygen atoms in total. The highest BCUT2D eigenvalue weighted by molar-refractivity contribution is 7.46. The van der Waals surface area contributed by atoms with E-state index in [0.717, 1.165) is 11.0 Å². The van der Waals surface area contributed by atoms with Crippen LogP contribution in [0.4, 0.5) is 4.79 Å². The van der Waals surface area contributed by atoms with Gasteiger partial charge in [0.25, 0.3) is 0 Å². The molecule has 0 bridgehead atoms. The number of nitrogens with zero attached hydrogens (tertiary/aromatic N) is 1. The second-order valence-corrected chi connectivity index (χ2v) is 9.51. The number of rotatable bonds is 4. The van der Waals surface area contributed by atoms with Crippen molar-refractivity contribution < 1.29 is 43.4 Å². The Labute approximate surface area is 203 Å². The first-order chi connectivity index (χ1) is 16.4. The number of amides is 1. The van der Waals surface area contributed by atoms with Gasteiger partial charge in [-0.1, -0.05) is 23.7 Å². The fourth-order valence-electron chi connectivity index (χ4n) is 4.19. The Bertz CT molecular complexity index is 1440. The smallest absolute Gasteiger partial charge is 0.508 e. The van der Waals surface area contributed by atoms with Crippen LogP contribution >= 0.6 is 19.4 Å². The normalized spacial score (nSPS) is 18.6. The average molecular weight is 522 g/mol. The quantitative estimate of drug-likeness (QED) is 0.252. The van der Waals surface area contributed by atoms with Gasteiger partial charge in [0.05, 0.1) is 17.7 Å². The number of hydrogen-bond donors (Lipinski definition) is 5. The summed E-state index contributed by atoms with van der Waals surface area (Å²) in [5.41, 5.74) is -1.61. The summed E-state index contributed by atoms with van der Waals surface area (Å²) in [6, 6.07) is 7.48. The summed E-state index contributed by atoms with van der Waals surface area (Å²) in [4.78, 5) is 44.3. The molecule has 0 saturated carbocycles.